The van der Waals surface area contributed by atoms with Crippen LogP contribution in [0.3, 0.4) is 0 Å². The fourth-order valence-electron chi connectivity index (χ4n) is 2.53. The number of nitro benzene ring substituents is 1. The number of hydrogen-bond acceptors (Lipinski definition) is 4. The number of aromatic nitrogens is 2. The van der Waals surface area contributed by atoms with Gasteiger partial charge in [0, 0.05) is 28.9 Å². The first-order chi connectivity index (χ1) is 12.4. The number of non-ortho nitro benzene ring substituents is 1. The molecule has 0 aliphatic carbocycles. The Labute approximate surface area is 159 Å². The molecule has 0 radical (unpaired) electrons. The van der Waals surface area contributed by atoms with Crippen LogP contribution in [0.15, 0.2) is 47.5 Å². The maximum absolute atomic E-state index is 10.8. The van der Waals surface area contributed by atoms with Crippen molar-refractivity contribution in [1.82, 2.24) is 9.78 Å². The molecular formula is C18H14Cl2N4O2. The zero-order valence-electron chi connectivity index (χ0n) is 14.0. The second-order valence-corrected chi connectivity index (χ2v) is 6.47. The van der Waals surface area contributed by atoms with E-state index in [1.165, 1.54) is 12.1 Å². The lowest BCUT2D eigenvalue weighted by molar-refractivity contribution is -0.384. The molecule has 0 spiro atoms. The summed E-state index contributed by atoms with van der Waals surface area (Å²) in [5.41, 5.74) is 3.78. The summed E-state index contributed by atoms with van der Waals surface area (Å²) in [6.07, 6.45) is 1.66. The van der Waals surface area contributed by atoms with Gasteiger partial charge in [-0.2, -0.15) is 5.10 Å². The minimum absolute atomic E-state index is 0.0332. The lowest BCUT2D eigenvalue weighted by atomic mass is 10.2. The van der Waals surface area contributed by atoms with Crippen LogP contribution >= 0.6 is 23.2 Å². The van der Waals surface area contributed by atoms with Gasteiger partial charge in [-0.3, -0.25) is 15.1 Å². The van der Waals surface area contributed by atoms with Crippen molar-refractivity contribution in [2.75, 3.05) is 0 Å². The van der Waals surface area contributed by atoms with Gasteiger partial charge in [-0.15, -0.1) is 0 Å². The largest absolute Gasteiger partial charge is 0.269 e. The summed E-state index contributed by atoms with van der Waals surface area (Å²) in [6.45, 7) is 3.74. The quantitative estimate of drug-likeness (QED) is 0.338. The number of benzene rings is 2. The van der Waals surface area contributed by atoms with Crippen LogP contribution in [0.4, 0.5) is 11.4 Å². The number of aryl methyl sites for hydroxylation is 1. The second kappa shape index (κ2) is 7.27. The van der Waals surface area contributed by atoms with E-state index >= 15 is 0 Å². The molecule has 8 heteroatoms. The topological polar surface area (TPSA) is 73.3 Å². The standard InChI is InChI=1S/C18H14Cl2N4O2/c1-11-18(21-10-13-3-4-14(19)9-17(13)20)12(2)23(22-11)15-5-7-16(8-6-15)24(25)26/h3-10H,1-2H3. The molecule has 3 aromatic rings. The molecule has 6 nitrogen and oxygen atoms in total. The van der Waals surface area contributed by atoms with E-state index in [2.05, 4.69) is 10.1 Å². The SMILES string of the molecule is Cc1nn(-c2ccc([N+](=O)[O-])cc2)c(C)c1N=Cc1ccc(Cl)cc1Cl. The molecule has 0 N–H and O–H groups in total. The van der Waals surface area contributed by atoms with E-state index in [9.17, 15) is 10.1 Å². The van der Waals surface area contributed by atoms with E-state index in [1.807, 2.05) is 13.8 Å². The van der Waals surface area contributed by atoms with Crippen molar-refractivity contribution in [3.8, 4) is 5.69 Å². The monoisotopic (exact) mass is 388 g/mol. The highest BCUT2D eigenvalue weighted by atomic mass is 35.5. The van der Waals surface area contributed by atoms with E-state index in [1.54, 1.807) is 41.2 Å². The van der Waals surface area contributed by atoms with Gasteiger partial charge in [-0.05, 0) is 38.1 Å². The van der Waals surface area contributed by atoms with Gasteiger partial charge in [0.25, 0.3) is 5.69 Å². The van der Waals surface area contributed by atoms with E-state index in [4.69, 9.17) is 23.2 Å². The van der Waals surface area contributed by atoms with Gasteiger partial charge in [0.2, 0.25) is 0 Å². The zero-order valence-corrected chi connectivity index (χ0v) is 15.5. The Bertz CT molecular complexity index is 1010. The summed E-state index contributed by atoms with van der Waals surface area (Å²) in [5.74, 6) is 0. The molecule has 1 aromatic heterocycles. The second-order valence-electron chi connectivity index (χ2n) is 5.63. The first-order valence-corrected chi connectivity index (χ1v) is 8.42. The molecule has 0 saturated carbocycles. The van der Waals surface area contributed by atoms with E-state index in [-0.39, 0.29) is 5.69 Å². The molecular weight excluding hydrogens is 375 g/mol. The van der Waals surface area contributed by atoms with Crippen molar-refractivity contribution < 1.29 is 4.92 Å². The summed E-state index contributed by atoms with van der Waals surface area (Å²) in [7, 11) is 0. The average Bonchev–Trinajstić information content (AvgIpc) is 2.89. The van der Waals surface area contributed by atoms with Crippen LogP contribution in [0, 0.1) is 24.0 Å². The molecule has 1 heterocycles. The van der Waals surface area contributed by atoms with Crippen LogP contribution in [0.1, 0.15) is 17.0 Å². The van der Waals surface area contributed by atoms with Gasteiger partial charge >= 0.3 is 0 Å². The molecule has 0 saturated heterocycles. The molecule has 0 aliphatic rings. The molecule has 26 heavy (non-hydrogen) atoms. The van der Waals surface area contributed by atoms with Crippen molar-refractivity contribution in [1.29, 1.82) is 0 Å². The Hall–Kier alpha value is -2.70. The third-order valence-corrected chi connectivity index (χ3v) is 4.42. The van der Waals surface area contributed by atoms with Crippen LogP contribution in [-0.4, -0.2) is 20.9 Å². The van der Waals surface area contributed by atoms with Crippen LogP contribution in [-0.2, 0) is 0 Å². The fourth-order valence-corrected chi connectivity index (χ4v) is 2.99. The molecule has 0 fully saturated rings. The lowest BCUT2D eigenvalue weighted by Gasteiger charge is -2.04. The summed E-state index contributed by atoms with van der Waals surface area (Å²) < 4.78 is 1.70. The molecule has 0 aliphatic heterocycles. The normalized spacial score (nSPS) is 11.2. The molecule has 132 valence electrons. The van der Waals surface area contributed by atoms with Crippen molar-refractivity contribution >= 4 is 40.8 Å². The van der Waals surface area contributed by atoms with E-state index in [0.717, 1.165) is 28.3 Å². The van der Waals surface area contributed by atoms with Crippen LogP contribution < -0.4 is 0 Å². The number of nitro groups is 1. The number of aliphatic imine (C=N–C) groups is 1. The molecule has 3 rings (SSSR count). The molecule has 0 amide bonds. The maximum Gasteiger partial charge on any atom is 0.269 e. The first kappa shape index (κ1) is 18.1. The maximum atomic E-state index is 10.8. The predicted octanol–water partition coefficient (Wildman–Crippen LogP) is 5.45. The Morgan fingerprint density at radius 1 is 1.15 bits per heavy atom. The van der Waals surface area contributed by atoms with Crippen LogP contribution in [0.5, 0.6) is 0 Å². The predicted molar refractivity (Wildman–Crippen MR) is 103 cm³/mol. The average molecular weight is 389 g/mol. The highest BCUT2D eigenvalue weighted by molar-refractivity contribution is 6.36. The van der Waals surface area contributed by atoms with E-state index in [0.29, 0.717) is 10.0 Å². The highest BCUT2D eigenvalue weighted by Gasteiger charge is 2.13. The summed E-state index contributed by atoms with van der Waals surface area (Å²) in [6, 6.07) is 11.4. The van der Waals surface area contributed by atoms with Crippen molar-refractivity contribution in [2.24, 2.45) is 4.99 Å². The third-order valence-electron chi connectivity index (χ3n) is 3.85. The Kier molecular flexibility index (Phi) is 5.06. The van der Waals surface area contributed by atoms with Crippen LogP contribution in [0.2, 0.25) is 10.0 Å². The van der Waals surface area contributed by atoms with Gasteiger partial charge in [0.15, 0.2) is 0 Å². The number of halogens is 2. The number of hydrogen-bond donors (Lipinski definition) is 0. The summed E-state index contributed by atoms with van der Waals surface area (Å²) in [4.78, 5) is 14.9. The number of rotatable bonds is 4. The Morgan fingerprint density at radius 3 is 2.46 bits per heavy atom. The van der Waals surface area contributed by atoms with Gasteiger partial charge < -0.3 is 0 Å². The van der Waals surface area contributed by atoms with Gasteiger partial charge in [0.1, 0.15) is 5.69 Å². The summed E-state index contributed by atoms with van der Waals surface area (Å²) in [5, 5.41) is 16.3. The third kappa shape index (κ3) is 3.61. The van der Waals surface area contributed by atoms with Crippen molar-refractivity contribution in [2.45, 2.75) is 13.8 Å². The minimum Gasteiger partial charge on any atom is -0.258 e. The fraction of sp³-hybridized carbons (Fsp3) is 0.111. The van der Waals surface area contributed by atoms with Crippen molar-refractivity contribution in [3.05, 3.63) is 79.6 Å². The smallest absolute Gasteiger partial charge is 0.258 e. The Morgan fingerprint density at radius 2 is 1.85 bits per heavy atom. The Balaban J connectivity index is 1.95. The molecule has 0 unspecified atom stereocenters. The van der Waals surface area contributed by atoms with Crippen LogP contribution in [0.25, 0.3) is 5.69 Å². The zero-order chi connectivity index (χ0) is 18.8. The lowest BCUT2D eigenvalue weighted by Crippen LogP contribution is -1.99. The van der Waals surface area contributed by atoms with E-state index < -0.39 is 4.92 Å². The molecule has 0 atom stereocenters. The molecule has 0 bridgehead atoms. The number of nitrogens with zero attached hydrogens (tertiary/aromatic N) is 4. The first-order valence-electron chi connectivity index (χ1n) is 7.67. The highest BCUT2D eigenvalue weighted by Crippen LogP contribution is 2.27. The minimum atomic E-state index is -0.434. The van der Waals surface area contributed by atoms with Gasteiger partial charge in [-0.25, -0.2) is 4.68 Å². The van der Waals surface area contributed by atoms with Gasteiger partial charge in [0.05, 0.1) is 27.0 Å². The summed E-state index contributed by atoms with van der Waals surface area (Å²) >= 11 is 12.1. The van der Waals surface area contributed by atoms with Crippen molar-refractivity contribution in [3.63, 3.8) is 0 Å². The molecule has 2 aromatic carbocycles. The van der Waals surface area contributed by atoms with Gasteiger partial charge in [-0.1, -0.05) is 29.3 Å².